The number of imidazole rings is 1. The van der Waals surface area contributed by atoms with E-state index in [1.807, 2.05) is 30.3 Å². The van der Waals surface area contributed by atoms with Crippen molar-refractivity contribution in [3.8, 4) is 17.1 Å². The Balaban J connectivity index is 1.43. The van der Waals surface area contributed by atoms with Gasteiger partial charge in [-0.25, -0.2) is 4.98 Å². The fourth-order valence-electron chi connectivity index (χ4n) is 2.54. The normalized spacial score (nSPS) is 10.7. The second-order valence-corrected chi connectivity index (χ2v) is 6.10. The minimum absolute atomic E-state index is 0.0548. The molecule has 0 radical (unpaired) electrons. The van der Waals surface area contributed by atoms with Gasteiger partial charge in [-0.3, -0.25) is 4.79 Å². The van der Waals surface area contributed by atoms with Crippen LogP contribution < -0.4 is 5.32 Å². The van der Waals surface area contributed by atoms with Gasteiger partial charge < -0.3 is 9.88 Å². The fourth-order valence-corrected chi connectivity index (χ4v) is 2.82. The zero-order valence-electron chi connectivity index (χ0n) is 14.0. The van der Waals surface area contributed by atoms with Crippen molar-refractivity contribution in [2.45, 2.75) is 6.54 Å². The van der Waals surface area contributed by atoms with E-state index in [4.69, 9.17) is 11.6 Å². The topological polar surface area (TPSA) is 90.5 Å². The number of rotatable bonds is 5. The molecule has 134 valence electrons. The molecular formula is C18H14ClN7O. The highest BCUT2D eigenvalue weighted by Crippen LogP contribution is 2.24. The molecule has 8 nitrogen and oxygen atoms in total. The fraction of sp³-hybridized carbons (Fsp3) is 0.0556. The molecule has 0 bridgehead atoms. The van der Waals surface area contributed by atoms with Crippen LogP contribution in [0.2, 0.25) is 5.02 Å². The Morgan fingerprint density at radius 3 is 2.74 bits per heavy atom. The number of carbonyl (C=O) groups excluding carboxylic acids is 1. The third-order valence-corrected chi connectivity index (χ3v) is 4.09. The van der Waals surface area contributed by atoms with Gasteiger partial charge in [-0.15, -0.1) is 10.2 Å². The molecule has 2 heterocycles. The van der Waals surface area contributed by atoms with E-state index in [-0.39, 0.29) is 12.5 Å². The van der Waals surface area contributed by atoms with E-state index in [0.29, 0.717) is 16.5 Å². The molecule has 0 fully saturated rings. The molecule has 1 N–H and O–H groups in total. The molecule has 0 atom stereocenters. The lowest BCUT2D eigenvalue weighted by Gasteiger charge is -2.09. The molecule has 0 saturated heterocycles. The summed E-state index contributed by atoms with van der Waals surface area (Å²) < 4.78 is 1.79. The highest BCUT2D eigenvalue weighted by Gasteiger charge is 2.10. The molecule has 0 aliphatic rings. The van der Waals surface area contributed by atoms with Gasteiger partial charge in [0.2, 0.25) is 11.7 Å². The Kier molecular flexibility index (Phi) is 4.63. The average Bonchev–Trinajstić information content (AvgIpc) is 3.35. The molecule has 9 heteroatoms. The third kappa shape index (κ3) is 3.85. The van der Waals surface area contributed by atoms with Gasteiger partial charge in [-0.1, -0.05) is 41.9 Å². The van der Waals surface area contributed by atoms with Crippen LogP contribution in [-0.2, 0) is 11.3 Å². The minimum Gasteiger partial charge on any atom is -0.324 e. The predicted octanol–water partition coefficient (Wildman–Crippen LogP) is 2.82. The van der Waals surface area contributed by atoms with E-state index in [0.717, 1.165) is 11.3 Å². The number of anilines is 1. The van der Waals surface area contributed by atoms with Gasteiger partial charge in [0.25, 0.3) is 0 Å². The van der Waals surface area contributed by atoms with Crippen molar-refractivity contribution in [3.05, 3.63) is 72.3 Å². The molecule has 2 aromatic carbocycles. The summed E-state index contributed by atoms with van der Waals surface area (Å²) in [6.07, 6.45) is 5.11. The van der Waals surface area contributed by atoms with E-state index >= 15 is 0 Å². The molecule has 4 rings (SSSR count). The molecule has 1 amide bonds. The van der Waals surface area contributed by atoms with Crippen LogP contribution in [0.15, 0.2) is 67.3 Å². The average molecular weight is 380 g/mol. The molecular weight excluding hydrogens is 366 g/mol. The number of halogens is 1. The van der Waals surface area contributed by atoms with Crippen LogP contribution in [0.5, 0.6) is 0 Å². The van der Waals surface area contributed by atoms with E-state index in [1.54, 1.807) is 41.5 Å². The first-order valence-electron chi connectivity index (χ1n) is 8.10. The number of amides is 1. The molecule has 0 aliphatic carbocycles. The number of tetrazole rings is 1. The number of nitrogens with zero attached hydrogens (tertiary/aromatic N) is 6. The summed E-state index contributed by atoms with van der Waals surface area (Å²) in [5, 5.41) is 15.4. The lowest BCUT2D eigenvalue weighted by molar-refractivity contribution is -0.117. The van der Waals surface area contributed by atoms with Gasteiger partial charge in [0.05, 0.1) is 17.0 Å². The second kappa shape index (κ2) is 7.38. The van der Waals surface area contributed by atoms with Crippen LogP contribution in [-0.4, -0.2) is 35.7 Å². The minimum atomic E-state index is -0.279. The lowest BCUT2D eigenvalue weighted by atomic mass is 10.2. The van der Waals surface area contributed by atoms with Crippen LogP contribution in [0.25, 0.3) is 17.1 Å². The van der Waals surface area contributed by atoms with Crippen molar-refractivity contribution in [3.63, 3.8) is 0 Å². The van der Waals surface area contributed by atoms with Gasteiger partial charge >= 0.3 is 0 Å². The van der Waals surface area contributed by atoms with Gasteiger partial charge in [0.15, 0.2) is 0 Å². The Bertz CT molecular complexity index is 1060. The Hall–Kier alpha value is -3.52. The maximum Gasteiger partial charge on any atom is 0.248 e. The largest absolute Gasteiger partial charge is 0.324 e. The van der Waals surface area contributed by atoms with Crippen molar-refractivity contribution >= 4 is 23.2 Å². The van der Waals surface area contributed by atoms with Crippen molar-refractivity contribution in [1.82, 2.24) is 29.8 Å². The maximum atomic E-state index is 12.3. The summed E-state index contributed by atoms with van der Waals surface area (Å²) in [5.41, 5.74) is 2.20. The van der Waals surface area contributed by atoms with Crippen LogP contribution in [0.1, 0.15) is 0 Å². The molecule has 4 aromatic rings. The van der Waals surface area contributed by atoms with Crippen LogP contribution in [0.3, 0.4) is 0 Å². The van der Waals surface area contributed by atoms with Gasteiger partial charge in [0.1, 0.15) is 6.54 Å². The molecule has 0 saturated carbocycles. The number of carbonyl (C=O) groups is 1. The molecule has 2 aromatic heterocycles. The van der Waals surface area contributed by atoms with Crippen molar-refractivity contribution < 1.29 is 4.79 Å². The highest BCUT2D eigenvalue weighted by molar-refractivity contribution is 6.32. The summed E-state index contributed by atoms with van der Waals surface area (Å²) in [5.74, 6) is 0.189. The molecule has 0 aliphatic heterocycles. The number of hydrogen-bond donors (Lipinski definition) is 1. The molecule has 0 spiro atoms. The SMILES string of the molecule is O=C(Cn1nnc(-c2ccccc2)n1)Nc1ccc(-n2ccnc2)c(Cl)c1. The number of aromatic nitrogens is 6. The monoisotopic (exact) mass is 379 g/mol. The second-order valence-electron chi connectivity index (χ2n) is 5.69. The summed E-state index contributed by atoms with van der Waals surface area (Å²) in [6.45, 7) is -0.0548. The number of nitrogens with one attached hydrogen (secondary N) is 1. The Morgan fingerprint density at radius 1 is 1.15 bits per heavy atom. The maximum absolute atomic E-state index is 12.3. The first-order valence-corrected chi connectivity index (χ1v) is 8.48. The summed E-state index contributed by atoms with van der Waals surface area (Å²) in [6, 6.07) is 14.7. The summed E-state index contributed by atoms with van der Waals surface area (Å²) in [7, 11) is 0. The van der Waals surface area contributed by atoms with Gasteiger partial charge in [0, 0.05) is 23.6 Å². The van der Waals surface area contributed by atoms with Crippen molar-refractivity contribution in [1.29, 1.82) is 0 Å². The van der Waals surface area contributed by atoms with Crippen LogP contribution in [0.4, 0.5) is 5.69 Å². The summed E-state index contributed by atoms with van der Waals surface area (Å²) in [4.78, 5) is 17.5. The zero-order chi connectivity index (χ0) is 18.6. The summed E-state index contributed by atoms with van der Waals surface area (Å²) >= 11 is 6.30. The first-order chi connectivity index (χ1) is 13.2. The van der Waals surface area contributed by atoms with Crippen LogP contribution in [0, 0.1) is 0 Å². The quantitative estimate of drug-likeness (QED) is 0.575. The van der Waals surface area contributed by atoms with E-state index in [2.05, 4.69) is 25.7 Å². The van der Waals surface area contributed by atoms with E-state index < -0.39 is 0 Å². The standard InChI is InChI=1S/C18H14ClN7O/c19-15-10-14(6-7-16(15)25-9-8-20-12-25)21-17(27)11-26-23-18(22-24-26)13-4-2-1-3-5-13/h1-10,12H,11H2,(H,21,27). The van der Waals surface area contributed by atoms with Gasteiger partial charge in [-0.2, -0.15) is 4.80 Å². The highest BCUT2D eigenvalue weighted by atomic mass is 35.5. The Labute approximate surface area is 159 Å². The van der Waals surface area contributed by atoms with Crippen LogP contribution >= 0.6 is 11.6 Å². The van der Waals surface area contributed by atoms with Crippen molar-refractivity contribution in [2.24, 2.45) is 0 Å². The van der Waals surface area contributed by atoms with E-state index in [1.165, 1.54) is 4.80 Å². The predicted molar refractivity (Wildman–Crippen MR) is 100 cm³/mol. The zero-order valence-corrected chi connectivity index (χ0v) is 14.8. The first kappa shape index (κ1) is 16.9. The number of hydrogen-bond acceptors (Lipinski definition) is 5. The Morgan fingerprint density at radius 2 is 2.00 bits per heavy atom. The van der Waals surface area contributed by atoms with Gasteiger partial charge in [-0.05, 0) is 23.4 Å². The number of benzene rings is 2. The molecule has 27 heavy (non-hydrogen) atoms. The molecule has 0 unspecified atom stereocenters. The van der Waals surface area contributed by atoms with E-state index in [9.17, 15) is 4.79 Å². The smallest absolute Gasteiger partial charge is 0.248 e. The van der Waals surface area contributed by atoms with Crippen molar-refractivity contribution in [2.75, 3.05) is 5.32 Å². The lowest BCUT2D eigenvalue weighted by Crippen LogP contribution is -2.20. The third-order valence-electron chi connectivity index (χ3n) is 3.78.